The highest BCUT2D eigenvalue weighted by Gasteiger charge is 2.24. The molecule has 2 unspecified atom stereocenters. The molecule has 2 rings (SSSR count). The Kier molecular flexibility index (Phi) is 4.81. The predicted octanol–water partition coefficient (Wildman–Crippen LogP) is 1.91. The number of rotatable bonds is 4. The number of hydrogen-bond acceptors (Lipinski definition) is 2. The van der Waals surface area contributed by atoms with Crippen molar-refractivity contribution in [3.63, 3.8) is 0 Å². The van der Waals surface area contributed by atoms with E-state index < -0.39 is 0 Å². The minimum Gasteiger partial charge on any atom is -0.311 e. The maximum Gasteiger partial charge on any atom is 0.0236 e. The fourth-order valence-corrected chi connectivity index (χ4v) is 2.55. The van der Waals surface area contributed by atoms with E-state index in [-0.39, 0.29) is 0 Å². The van der Waals surface area contributed by atoms with Crippen molar-refractivity contribution < 1.29 is 0 Å². The van der Waals surface area contributed by atoms with Gasteiger partial charge in [-0.1, -0.05) is 30.3 Å². The average molecular weight is 242 g/mol. The first kappa shape index (κ1) is 13.1. The SMILES string of the molecule is C#CCCN1CC(Cc2ccccc2)NCC1C. The van der Waals surface area contributed by atoms with Crippen LogP contribution in [0.1, 0.15) is 18.9 Å². The van der Waals surface area contributed by atoms with Crippen molar-refractivity contribution in [2.24, 2.45) is 0 Å². The molecule has 2 heteroatoms. The fourth-order valence-electron chi connectivity index (χ4n) is 2.55. The van der Waals surface area contributed by atoms with E-state index in [1.54, 1.807) is 0 Å². The van der Waals surface area contributed by atoms with Gasteiger partial charge in [0.2, 0.25) is 0 Å². The smallest absolute Gasteiger partial charge is 0.0236 e. The Bertz CT molecular complexity index is 393. The monoisotopic (exact) mass is 242 g/mol. The Hall–Kier alpha value is -1.30. The summed E-state index contributed by atoms with van der Waals surface area (Å²) in [6, 6.07) is 11.8. The molecule has 0 aliphatic carbocycles. The zero-order valence-electron chi connectivity index (χ0n) is 11.1. The lowest BCUT2D eigenvalue weighted by atomic mass is 10.0. The Labute approximate surface area is 110 Å². The van der Waals surface area contributed by atoms with E-state index in [1.807, 2.05) is 0 Å². The minimum absolute atomic E-state index is 0.543. The number of piperazine rings is 1. The van der Waals surface area contributed by atoms with Gasteiger partial charge in [0.15, 0.2) is 0 Å². The van der Waals surface area contributed by atoms with Crippen molar-refractivity contribution in [2.45, 2.75) is 31.8 Å². The summed E-state index contributed by atoms with van der Waals surface area (Å²) in [5, 5.41) is 3.63. The van der Waals surface area contributed by atoms with E-state index >= 15 is 0 Å². The van der Waals surface area contributed by atoms with E-state index in [2.05, 4.69) is 53.4 Å². The molecule has 1 aliphatic heterocycles. The largest absolute Gasteiger partial charge is 0.311 e. The number of benzene rings is 1. The van der Waals surface area contributed by atoms with Crippen molar-refractivity contribution in [1.29, 1.82) is 0 Å². The van der Waals surface area contributed by atoms with Crippen LogP contribution < -0.4 is 5.32 Å². The second kappa shape index (κ2) is 6.58. The van der Waals surface area contributed by atoms with Gasteiger partial charge in [-0.15, -0.1) is 12.3 Å². The van der Waals surface area contributed by atoms with Crippen LogP contribution in [0, 0.1) is 12.3 Å². The first-order valence-corrected chi connectivity index (χ1v) is 6.74. The molecular weight excluding hydrogens is 220 g/mol. The van der Waals surface area contributed by atoms with Crippen LogP contribution in [0.3, 0.4) is 0 Å². The fraction of sp³-hybridized carbons (Fsp3) is 0.500. The van der Waals surface area contributed by atoms with Gasteiger partial charge in [-0.25, -0.2) is 0 Å². The van der Waals surface area contributed by atoms with Gasteiger partial charge in [0.1, 0.15) is 0 Å². The van der Waals surface area contributed by atoms with Crippen LogP contribution in [-0.4, -0.2) is 36.6 Å². The Morgan fingerprint density at radius 2 is 2.17 bits per heavy atom. The van der Waals surface area contributed by atoms with Gasteiger partial charge in [0.25, 0.3) is 0 Å². The van der Waals surface area contributed by atoms with Gasteiger partial charge >= 0.3 is 0 Å². The molecule has 1 aromatic carbocycles. The molecular formula is C16H22N2. The lowest BCUT2D eigenvalue weighted by Crippen LogP contribution is -2.56. The maximum atomic E-state index is 5.36. The summed E-state index contributed by atoms with van der Waals surface area (Å²) in [5.41, 5.74) is 1.40. The molecule has 1 N–H and O–H groups in total. The molecule has 18 heavy (non-hydrogen) atoms. The Balaban J connectivity index is 1.89. The number of terminal acetylenes is 1. The van der Waals surface area contributed by atoms with Crippen molar-refractivity contribution in [3.8, 4) is 12.3 Å². The lowest BCUT2D eigenvalue weighted by molar-refractivity contribution is 0.144. The van der Waals surface area contributed by atoms with Gasteiger partial charge in [-0.2, -0.15) is 0 Å². The second-order valence-electron chi connectivity index (χ2n) is 5.09. The molecule has 96 valence electrons. The van der Waals surface area contributed by atoms with Crippen LogP contribution in [0.25, 0.3) is 0 Å². The van der Waals surface area contributed by atoms with Crippen molar-refractivity contribution >= 4 is 0 Å². The van der Waals surface area contributed by atoms with Crippen LogP contribution in [0.2, 0.25) is 0 Å². The molecule has 1 heterocycles. The van der Waals surface area contributed by atoms with E-state index in [0.717, 1.165) is 32.5 Å². The molecule has 1 fully saturated rings. The van der Waals surface area contributed by atoms with Gasteiger partial charge < -0.3 is 5.32 Å². The first-order chi connectivity index (χ1) is 8.79. The molecule has 1 aliphatic rings. The summed E-state index contributed by atoms with van der Waals surface area (Å²) < 4.78 is 0. The van der Waals surface area contributed by atoms with Crippen LogP contribution in [0.15, 0.2) is 30.3 Å². The Morgan fingerprint density at radius 3 is 2.89 bits per heavy atom. The van der Waals surface area contributed by atoms with Crippen molar-refractivity contribution in [3.05, 3.63) is 35.9 Å². The third kappa shape index (κ3) is 3.60. The molecule has 0 aromatic heterocycles. The third-order valence-corrected chi connectivity index (χ3v) is 3.65. The van der Waals surface area contributed by atoms with Crippen molar-refractivity contribution in [1.82, 2.24) is 10.2 Å². The number of nitrogens with one attached hydrogen (secondary N) is 1. The summed E-state index contributed by atoms with van der Waals surface area (Å²) >= 11 is 0. The molecule has 1 saturated heterocycles. The number of hydrogen-bond donors (Lipinski definition) is 1. The van der Waals surface area contributed by atoms with Crippen LogP contribution in [-0.2, 0) is 6.42 Å². The summed E-state index contributed by atoms with van der Waals surface area (Å²) in [6.07, 6.45) is 7.30. The molecule has 0 bridgehead atoms. The third-order valence-electron chi connectivity index (χ3n) is 3.65. The highest BCUT2D eigenvalue weighted by Crippen LogP contribution is 2.11. The highest BCUT2D eigenvalue weighted by atomic mass is 15.2. The van der Waals surface area contributed by atoms with E-state index in [9.17, 15) is 0 Å². The zero-order valence-corrected chi connectivity index (χ0v) is 11.1. The summed E-state index contributed by atoms with van der Waals surface area (Å²) in [5.74, 6) is 2.74. The quantitative estimate of drug-likeness (QED) is 0.812. The summed E-state index contributed by atoms with van der Waals surface area (Å²) in [4.78, 5) is 2.50. The minimum atomic E-state index is 0.543. The first-order valence-electron chi connectivity index (χ1n) is 6.74. The molecule has 0 saturated carbocycles. The predicted molar refractivity (Wildman–Crippen MR) is 76.4 cm³/mol. The summed E-state index contributed by atoms with van der Waals surface area (Å²) in [7, 11) is 0. The van der Waals surface area contributed by atoms with E-state index in [1.165, 1.54) is 5.56 Å². The normalized spacial score (nSPS) is 24.7. The maximum absolute atomic E-state index is 5.36. The van der Waals surface area contributed by atoms with Gasteiger partial charge in [-0.05, 0) is 18.9 Å². The van der Waals surface area contributed by atoms with Crippen molar-refractivity contribution in [2.75, 3.05) is 19.6 Å². The zero-order chi connectivity index (χ0) is 12.8. The van der Waals surface area contributed by atoms with E-state index in [0.29, 0.717) is 12.1 Å². The molecule has 0 amide bonds. The molecule has 1 aromatic rings. The van der Waals surface area contributed by atoms with E-state index in [4.69, 9.17) is 6.42 Å². The average Bonchev–Trinajstić information content (AvgIpc) is 2.40. The van der Waals surface area contributed by atoms with Gasteiger partial charge in [0.05, 0.1) is 0 Å². The van der Waals surface area contributed by atoms with Crippen LogP contribution in [0.4, 0.5) is 0 Å². The van der Waals surface area contributed by atoms with Gasteiger partial charge in [0, 0.05) is 38.1 Å². The molecule has 0 radical (unpaired) electrons. The van der Waals surface area contributed by atoms with Crippen LogP contribution >= 0.6 is 0 Å². The van der Waals surface area contributed by atoms with Gasteiger partial charge in [-0.3, -0.25) is 4.90 Å². The topological polar surface area (TPSA) is 15.3 Å². The molecule has 2 nitrogen and oxygen atoms in total. The number of nitrogens with zero attached hydrogens (tertiary/aromatic N) is 1. The standard InChI is InChI=1S/C16H22N2/c1-3-4-10-18-13-16(17-12-14(18)2)11-15-8-6-5-7-9-15/h1,5-9,14,16-17H,4,10-13H2,2H3. The van der Waals surface area contributed by atoms with Crippen LogP contribution in [0.5, 0.6) is 0 Å². The summed E-state index contributed by atoms with van der Waals surface area (Å²) in [6.45, 7) is 5.44. The second-order valence-corrected chi connectivity index (χ2v) is 5.09. The molecule has 0 spiro atoms. The Morgan fingerprint density at radius 1 is 1.39 bits per heavy atom. The highest BCUT2D eigenvalue weighted by molar-refractivity contribution is 5.16. The lowest BCUT2D eigenvalue weighted by Gasteiger charge is -2.38. The molecule has 2 atom stereocenters.